The first kappa shape index (κ1) is 17.6. The van der Waals surface area contributed by atoms with Crippen molar-refractivity contribution < 1.29 is 14.3 Å². The van der Waals surface area contributed by atoms with Crippen LogP contribution in [0.5, 0.6) is 0 Å². The second kappa shape index (κ2) is 8.78. The molecule has 1 aromatic heterocycles. The van der Waals surface area contributed by atoms with E-state index in [1.807, 2.05) is 41.1 Å². The number of rotatable bonds is 7. The summed E-state index contributed by atoms with van der Waals surface area (Å²) in [5.74, 6) is 0.328. The zero-order chi connectivity index (χ0) is 17.5. The van der Waals surface area contributed by atoms with Crippen LogP contribution < -0.4 is 5.32 Å². The first-order chi connectivity index (χ1) is 12.2. The molecule has 1 saturated heterocycles. The van der Waals surface area contributed by atoms with Crippen LogP contribution in [0.1, 0.15) is 31.7 Å². The molecule has 2 aromatic rings. The Morgan fingerprint density at radius 1 is 1.40 bits per heavy atom. The van der Waals surface area contributed by atoms with Gasteiger partial charge in [-0.25, -0.2) is 4.98 Å². The van der Waals surface area contributed by atoms with Gasteiger partial charge < -0.3 is 14.0 Å². The molecule has 1 fully saturated rings. The third-order valence-corrected chi connectivity index (χ3v) is 4.32. The first-order valence-electron chi connectivity index (χ1n) is 8.81. The topological polar surface area (TPSA) is 65.4 Å². The molecule has 1 amide bonds. The lowest BCUT2D eigenvalue weighted by Crippen LogP contribution is -2.33. The molecule has 0 radical (unpaired) electrons. The van der Waals surface area contributed by atoms with Crippen molar-refractivity contribution in [2.24, 2.45) is 0 Å². The highest BCUT2D eigenvalue weighted by atomic mass is 16.5. The molecule has 25 heavy (non-hydrogen) atoms. The molecule has 1 N–H and O–H groups in total. The van der Waals surface area contributed by atoms with E-state index in [4.69, 9.17) is 9.47 Å². The Kier molecular flexibility index (Phi) is 6.19. The number of hydrogen-bond acceptors (Lipinski definition) is 4. The van der Waals surface area contributed by atoms with Crippen molar-refractivity contribution in [1.82, 2.24) is 9.55 Å². The van der Waals surface area contributed by atoms with Gasteiger partial charge in [0.25, 0.3) is 5.91 Å². The van der Waals surface area contributed by atoms with Gasteiger partial charge in [0.05, 0.1) is 19.3 Å². The number of imidazole rings is 1. The first-order valence-corrected chi connectivity index (χ1v) is 8.81. The maximum absolute atomic E-state index is 12.4. The van der Waals surface area contributed by atoms with Crippen LogP contribution in [0.4, 0.5) is 5.95 Å². The van der Waals surface area contributed by atoms with Crippen LogP contribution in [0.3, 0.4) is 0 Å². The number of nitrogens with zero attached hydrogens (tertiary/aromatic N) is 2. The van der Waals surface area contributed by atoms with E-state index in [1.54, 1.807) is 13.1 Å². The predicted octanol–water partition coefficient (Wildman–Crippen LogP) is 2.84. The van der Waals surface area contributed by atoms with Gasteiger partial charge in [-0.3, -0.25) is 10.1 Å². The summed E-state index contributed by atoms with van der Waals surface area (Å²) in [6, 6.07) is 10.1. The number of nitrogens with one attached hydrogen (secondary N) is 1. The van der Waals surface area contributed by atoms with Crippen LogP contribution in [0, 0.1) is 0 Å². The van der Waals surface area contributed by atoms with E-state index in [2.05, 4.69) is 10.3 Å². The Balaban J connectivity index is 1.51. The molecular weight excluding hydrogens is 318 g/mol. The van der Waals surface area contributed by atoms with E-state index < -0.39 is 6.10 Å². The van der Waals surface area contributed by atoms with Crippen molar-refractivity contribution in [2.45, 2.75) is 44.9 Å². The number of hydrogen-bond donors (Lipinski definition) is 1. The summed E-state index contributed by atoms with van der Waals surface area (Å²) >= 11 is 0. The van der Waals surface area contributed by atoms with E-state index in [0.717, 1.165) is 31.4 Å². The summed E-state index contributed by atoms with van der Waals surface area (Å²) in [5.41, 5.74) is 1.15. The molecule has 0 bridgehead atoms. The van der Waals surface area contributed by atoms with E-state index >= 15 is 0 Å². The molecule has 1 aliphatic heterocycles. The van der Waals surface area contributed by atoms with Crippen molar-refractivity contribution in [3.05, 3.63) is 48.3 Å². The molecule has 6 nitrogen and oxygen atoms in total. The molecule has 0 saturated carbocycles. The molecule has 3 rings (SSSR count). The molecule has 134 valence electrons. The lowest BCUT2D eigenvalue weighted by Gasteiger charge is -2.23. The second-order valence-electron chi connectivity index (χ2n) is 6.32. The maximum atomic E-state index is 12.4. The average Bonchev–Trinajstić information content (AvgIpc) is 3.08. The second-order valence-corrected chi connectivity index (χ2v) is 6.32. The van der Waals surface area contributed by atoms with Gasteiger partial charge in [0, 0.05) is 19.0 Å². The summed E-state index contributed by atoms with van der Waals surface area (Å²) in [7, 11) is 0. The lowest BCUT2D eigenvalue weighted by molar-refractivity contribution is -0.130. The number of carbonyl (C=O) groups is 1. The molecular formula is C19H25N3O3. The van der Waals surface area contributed by atoms with Gasteiger partial charge in [-0.1, -0.05) is 30.3 Å². The van der Waals surface area contributed by atoms with E-state index in [9.17, 15) is 4.79 Å². The number of amides is 1. The number of ether oxygens (including phenoxy) is 2. The monoisotopic (exact) mass is 343 g/mol. The Bertz CT molecular complexity index is 666. The smallest absolute Gasteiger partial charge is 0.255 e. The van der Waals surface area contributed by atoms with E-state index in [1.165, 1.54) is 0 Å². The molecule has 0 spiro atoms. The van der Waals surface area contributed by atoms with Gasteiger partial charge >= 0.3 is 0 Å². The van der Waals surface area contributed by atoms with Crippen LogP contribution in [0.2, 0.25) is 0 Å². The minimum atomic E-state index is -0.549. The van der Waals surface area contributed by atoms with Gasteiger partial charge in [-0.2, -0.15) is 0 Å². The Labute approximate surface area is 148 Å². The third-order valence-electron chi connectivity index (χ3n) is 4.32. The van der Waals surface area contributed by atoms with Crippen molar-refractivity contribution >= 4 is 11.9 Å². The summed E-state index contributed by atoms with van der Waals surface area (Å²) in [4.78, 5) is 16.6. The largest absolute Gasteiger partial charge is 0.376 e. The van der Waals surface area contributed by atoms with Crippen LogP contribution in [-0.4, -0.2) is 40.9 Å². The summed E-state index contributed by atoms with van der Waals surface area (Å²) in [5, 5.41) is 2.85. The SMILES string of the molecule is C[C@H](OC[C@H]1CCCCO1)C(=O)Nc1nccn1Cc1ccccc1. The Hall–Kier alpha value is -2.18. The van der Waals surface area contributed by atoms with E-state index in [-0.39, 0.29) is 12.0 Å². The lowest BCUT2D eigenvalue weighted by atomic mass is 10.1. The van der Waals surface area contributed by atoms with Gasteiger partial charge in [-0.05, 0) is 31.7 Å². The summed E-state index contributed by atoms with van der Waals surface area (Å²) in [6.45, 7) is 3.64. The molecule has 1 aromatic carbocycles. The van der Waals surface area contributed by atoms with Crippen molar-refractivity contribution in [3.63, 3.8) is 0 Å². The fourth-order valence-corrected chi connectivity index (χ4v) is 2.82. The Morgan fingerprint density at radius 2 is 2.24 bits per heavy atom. The Morgan fingerprint density at radius 3 is 3.00 bits per heavy atom. The number of anilines is 1. The molecule has 1 aliphatic rings. The molecule has 0 aliphatic carbocycles. The molecule has 2 heterocycles. The standard InChI is InChI=1S/C19H25N3O3/c1-15(25-14-17-9-5-6-12-24-17)18(23)21-19-20-10-11-22(19)13-16-7-3-2-4-8-16/h2-4,7-8,10-11,15,17H,5-6,9,12-14H2,1H3,(H,20,21,23)/t15-,17+/m0/s1. The minimum Gasteiger partial charge on any atom is -0.376 e. The molecule has 0 unspecified atom stereocenters. The highest BCUT2D eigenvalue weighted by molar-refractivity contribution is 5.92. The number of carbonyl (C=O) groups excluding carboxylic acids is 1. The van der Waals surface area contributed by atoms with E-state index in [0.29, 0.717) is 19.1 Å². The summed E-state index contributed by atoms with van der Waals surface area (Å²) in [6.07, 6.45) is 6.35. The van der Waals surface area contributed by atoms with Crippen LogP contribution in [0.15, 0.2) is 42.7 Å². The fourth-order valence-electron chi connectivity index (χ4n) is 2.82. The highest BCUT2D eigenvalue weighted by Crippen LogP contribution is 2.14. The molecule has 2 atom stereocenters. The average molecular weight is 343 g/mol. The van der Waals surface area contributed by atoms with Crippen LogP contribution >= 0.6 is 0 Å². The summed E-state index contributed by atoms with van der Waals surface area (Å²) < 4.78 is 13.2. The zero-order valence-electron chi connectivity index (χ0n) is 14.6. The fraction of sp³-hybridized carbons (Fsp3) is 0.474. The predicted molar refractivity (Wildman–Crippen MR) is 95.4 cm³/mol. The van der Waals surface area contributed by atoms with Gasteiger partial charge in [-0.15, -0.1) is 0 Å². The quantitative estimate of drug-likeness (QED) is 0.839. The van der Waals surface area contributed by atoms with Crippen molar-refractivity contribution in [1.29, 1.82) is 0 Å². The van der Waals surface area contributed by atoms with Crippen molar-refractivity contribution in [2.75, 3.05) is 18.5 Å². The number of benzene rings is 1. The van der Waals surface area contributed by atoms with Crippen LogP contribution in [0.25, 0.3) is 0 Å². The minimum absolute atomic E-state index is 0.101. The van der Waals surface area contributed by atoms with Crippen LogP contribution in [-0.2, 0) is 20.8 Å². The third kappa shape index (κ3) is 5.14. The van der Waals surface area contributed by atoms with Gasteiger partial charge in [0.15, 0.2) is 0 Å². The normalized spacial score (nSPS) is 18.7. The highest BCUT2D eigenvalue weighted by Gasteiger charge is 2.20. The van der Waals surface area contributed by atoms with Gasteiger partial charge in [0.2, 0.25) is 5.95 Å². The van der Waals surface area contributed by atoms with Gasteiger partial charge in [0.1, 0.15) is 6.10 Å². The maximum Gasteiger partial charge on any atom is 0.255 e. The molecule has 6 heteroatoms. The zero-order valence-corrected chi connectivity index (χ0v) is 14.6. The number of aromatic nitrogens is 2. The van der Waals surface area contributed by atoms with Crippen molar-refractivity contribution in [3.8, 4) is 0 Å².